The van der Waals surface area contributed by atoms with Crippen molar-refractivity contribution in [3.8, 4) is 0 Å². The second-order valence-corrected chi connectivity index (χ2v) is 2.57. The van der Waals surface area contributed by atoms with E-state index in [4.69, 9.17) is 0 Å². The van der Waals surface area contributed by atoms with E-state index in [-0.39, 0.29) is 0 Å². The quantitative estimate of drug-likeness (QED) is 0.703. The molecule has 0 saturated heterocycles. The number of nitrogens with zero attached hydrogens (tertiary/aromatic N) is 1. The van der Waals surface area contributed by atoms with Crippen LogP contribution in [0, 0.1) is 6.07 Å². The Balaban J connectivity index is 2.55. The molecule has 2 N–H and O–H groups in total. The Kier molecular flexibility index (Phi) is 1.70. The highest BCUT2D eigenvalue weighted by Gasteiger charge is 2.01. The molecule has 12 heavy (non-hydrogen) atoms. The molecule has 0 spiro atoms. The number of anilines is 1. The second kappa shape index (κ2) is 2.85. The van der Waals surface area contributed by atoms with Gasteiger partial charge in [0.15, 0.2) is 5.82 Å². The summed E-state index contributed by atoms with van der Waals surface area (Å²) in [5.74, 6) is 0.907. The summed E-state index contributed by atoms with van der Waals surface area (Å²) < 4.78 is 0. The maximum Gasteiger partial charge on any atom is 0.155 e. The molecule has 1 radical (unpaired) electrons. The highest BCUT2D eigenvalue weighted by atomic mass is 15.2. The van der Waals surface area contributed by atoms with Crippen molar-refractivity contribution in [2.24, 2.45) is 0 Å². The van der Waals surface area contributed by atoms with Gasteiger partial charge in [-0.05, 0) is 25.1 Å². The van der Waals surface area contributed by atoms with Crippen LogP contribution in [0.5, 0.6) is 0 Å². The summed E-state index contributed by atoms with van der Waals surface area (Å²) in [5.41, 5.74) is 1.05. The fourth-order valence-electron chi connectivity index (χ4n) is 1.20. The van der Waals surface area contributed by atoms with Crippen LogP contribution in [0.25, 0.3) is 10.9 Å². The monoisotopic (exact) mass is 160 g/mol. The molecule has 0 aliphatic heterocycles. The first-order valence-electron chi connectivity index (χ1n) is 4.00. The molecule has 0 unspecified atom stereocenters. The predicted octanol–water partition coefficient (Wildman–Crippen LogP) is 1.79. The van der Waals surface area contributed by atoms with Crippen LogP contribution in [0.2, 0.25) is 0 Å². The summed E-state index contributed by atoms with van der Waals surface area (Å²) >= 11 is 0. The minimum Gasteiger partial charge on any atom is -0.368 e. The minimum atomic E-state index is 0.884. The Morgan fingerprint density at radius 2 is 2.58 bits per heavy atom. The Bertz CT molecular complexity index is 378. The van der Waals surface area contributed by atoms with E-state index in [2.05, 4.69) is 21.6 Å². The molecule has 2 rings (SSSR count). The topological polar surface area (TPSA) is 40.7 Å². The van der Waals surface area contributed by atoms with Gasteiger partial charge < -0.3 is 5.32 Å². The molecule has 61 valence electrons. The number of hydrogen-bond donors (Lipinski definition) is 2. The first kappa shape index (κ1) is 7.16. The second-order valence-electron chi connectivity index (χ2n) is 2.57. The molecule has 0 saturated carbocycles. The minimum absolute atomic E-state index is 0.884. The number of H-pyrrole nitrogens is 1. The van der Waals surface area contributed by atoms with E-state index in [1.54, 1.807) is 0 Å². The normalized spacial score (nSPS) is 10.4. The van der Waals surface area contributed by atoms with E-state index in [9.17, 15) is 0 Å². The molecule has 0 bridgehead atoms. The van der Waals surface area contributed by atoms with E-state index >= 15 is 0 Å². The van der Waals surface area contributed by atoms with E-state index < -0.39 is 0 Å². The lowest BCUT2D eigenvalue weighted by Crippen LogP contribution is -1.96. The Morgan fingerprint density at radius 1 is 1.67 bits per heavy atom. The maximum atomic E-state index is 4.13. The number of rotatable bonds is 2. The molecule has 0 fully saturated rings. The van der Waals surface area contributed by atoms with Crippen LogP contribution in [0.4, 0.5) is 5.82 Å². The third-order valence-corrected chi connectivity index (χ3v) is 1.75. The molecule has 3 heteroatoms. The zero-order chi connectivity index (χ0) is 8.39. The summed E-state index contributed by atoms with van der Waals surface area (Å²) in [6.45, 7) is 2.93. The van der Waals surface area contributed by atoms with Gasteiger partial charge >= 0.3 is 0 Å². The maximum absolute atomic E-state index is 4.13. The number of nitrogens with one attached hydrogen (secondary N) is 2. The number of fused-ring (bicyclic) bond motifs is 1. The molecule has 0 aliphatic rings. The summed E-state index contributed by atoms with van der Waals surface area (Å²) in [5, 5.41) is 11.3. The van der Waals surface area contributed by atoms with E-state index in [0.29, 0.717) is 0 Å². The van der Waals surface area contributed by atoms with Crippen LogP contribution < -0.4 is 5.32 Å². The van der Waals surface area contributed by atoms with Crippen molar-refractivity contribution in [1.82, 2.24) is 10.2 Å². The fraction of sp³-hybridized carbons (Fsp3) is 0.222. The van der Waals surface area contributed by atoms with Crippen molar-refractivity contribution < 1.29 is 0 Å². The first-order chi connectivity index (χ1) is 5.92. The van der Waals surface area contributed by atoms with Crippen molar-refractivity contribution in [2.75, 3.05) is 11.9 Å². The molecule has 1 aromatic heterocycles. The molecular weight excluding hydrogens is 150 g/mol. The lowest BCUT2D eigenvalue weighted by atomic mass is 10.2. The standard InChI is InChI=1S/C9H10N3/c1-2-10-9-7-5-3-4-6-8(7)11-12-9/h4-6H,2H2,1H3,(H2,10,11,12). The Labute approximate surface area is 70.8 Å². The van der Waals surface area contributed by atoms with Crippen molar-refractivity contribution in [3.05, 3.63) is 24.3 Å². The predicted molar refractivity (Wildman–Crippen MR) is 49.1 cm³/mol. The molecule has 2 aromatic rings. The van der Waals surface area contributed by atoms with E-state index in [1.165, 1.54) is 0 Å². The smallest absolute Gasteiger partial charge is 0.155 e. The molecule has 0 atom stereocenters. The van der Waals surface area contributed by atoms with Crippen LogP contribution in [0.3, 0.4) is 0 Å². The molecule has 1 aromatic carbocycles. The van der Waals surface area contributed by atoms with Crippen LogP contribution in [-0.2, 0) is 0 Å². The van der Waals surface area contributed by atoms with E-state index in [0.717, 1.165) is 23.3 Å². The van der Waals surface area contributed by atoms with Crippen molar-refractivity contribution in [3.63, 3.8) is 0 Å². The summed E-state index contributed by atoms with van der Waals surface area (Å²) in [4.78, 5) is 0. The summed E-state index contributed by atoms with van der Waals surface area (Å²) in [7, 11) is 0. The molecule has 1 heterocycles. The average molecular weight is 160 g/mol. The van der Waals surface area contributed by atoms with Crippen molar-refractivity contribution in [1.29, 1.82) is 0 Å². The Hall–Kier alpha value is -1.51. The Morgan fingerprint density at radius 3 is 3.42 bits per heavy atom. The van der Waals surface area contributed by atoms with Gasteiger partial charge in [0.25, 0.3) is 0 Å². The zero-order valence-electron chi connectivity index (χ0n) is 6.89. The van der Waals surface area contributed by atoms with Gasteiger partial charge in [-0.2, -0.15) is 5.10 Å². The number of aromatic nitrogens is 2. The van der Waals surface area contributed by atoms with Crippen molar-refractivity contribution in [2.45, 2.75) is 6.92 Å². The third kappa shape index (κ3) is 1.03. The van der Waals surface area contributed by atoms with Gasteiger partial charge in [-0.25, -0.2) is 0 Å². The van der Waals surface area contributed by atoms with Gasteiger partial charge in [-0.1, -0.05) is 6.07 Å². The lowest BCUT2D eigenvalue weighted by molar-refractivity contribution is 1.08. The van der Waals surface area contributed by atoms with Crippen molar-refractivity contribution >= 4 is 16.7 Å². The van der Waals surface area contributed by atoms with Gasteiger partial charge in [0, 0.05) is 11.9 Å². The first-order valence-corrected chi connectivity index (χ1v) is 4.00. The summed E-state index contributed by atoms with van der Waals surface area (Å²) in [6, 6.07) is 8.78. The molecule has 0 aliphatic carbocycles. The van der Waals surface area contributed by atoms with Gasteiger partial charge in [-0.3, -0.25) is 5.10 Å². The zero-order valence-corrected chi connectivity index (χ0v) is 6.89. The van der Waals surface area contributed by atoms with Crippen LogP contribution in [-0.4, -0.2) is 16.7 Å². The van der Waals surface area contributed by atoms with E-state index in [1.807, 2.05) is 25.1 Å². The van der Waals surface area contributed by atoms with Gasteiger partial charge in [-0.15, -0.1) is 0 Å². The average Bonchev–Trinajstić information content (AvgIpc) is 2.50. The van der Waals surface area contributed by atoms with Crippen LogP contribution in [0.15, 0.2) is 18.2 Å². The van der Waals surface area contributed by atoms with Crippen LogP contribution >= 0.6 is 0 Å². The largest absolute Gasteiger partial charge is 0.368 e. The fourth-order valence-corrected chi connectivity index (χ4v) is 1.20. The molecule has 3 nitrogen and oxygen atoms in total. The van der Waals surface area contributed by atoms with Gasteiger partial charge in [0.05, 0.1) is 5.52 Å². The molecule has 0 amide bonds. The summed E-state index contributed by atoms with van der Waals surface area (Å²) in [6.07, 6.45) is 0. The number of aromatic amines is 1. The SMILES string of the molecule is CCNc1n[nH]c2cc[c]cc12. The van der Waals surface area contributed by atoms with Gasteiger partial charge in [0.2, 0.25) is 0 Å². The molecular formula is C9H10N3. The number of hydrogen-bond acceptors (Lipinski definition) is 2. The number of benzene rings is 1. The van der Waals surface area contributed by atoms with Crippen LogP contribution in [0.1, 0.15) is 6.92 Å². The third-order valence-electron chi connectivity index (χ3n) is 1.75. The highest BCUT2D eigenvalue weighted by molar-refractivity contribution is 5.89. The highest BCUT2D eigenvalue weighted by Crippen LogP contribution is 2.18. The van der Waals surface area contributed by atoms with Gasteiger partial charge in [0.1, 0.15) is 0 Å². The lowest BCUT2D eigenvalue weighted by Gasteiger charge is -1.96.